The van der Waals surface area contributed by atoms with Crippen molar-refractivity contribution in [2.24, 2.45) is 0 Å². The van der Waals surface area contributed by atoms with E-state index in [1.165, 1.54) is 6.42 Å². The summed E-state index contributed by atoms with van der Waals surface area (Å²) in [4.78, 5) is 18.6. The van der Waals surface area contributed by atoms with E-state index < -0.39 is 0 Å². The van der Waals surface area contributed by atoms with E-state index in [2.05, 4.69) is 4.98 Å². The average Bonchev–Trinajstić information content (AvgIpc) is 2.46. The van der Waals surface area contributed by atoms with Crippen LogP contribution in [0.5, 0.6) is 0 Å². The topological polar surface area (TPSA) is 68.5 Å². The fourth-order valence-corrected chi connectivity index (χ4v) is 3.09. The Labute approximate surface area is 124 Å². The SMILES string of the molecule is Cl.Nc1ccncc1C(=O)N1CCOC2CCCCC21. The zero-order valence-corrected chi connectivity index (χ0v) is 12.1. The fraction of sp³-hybridized carbons (Fsp3) is 0.571. The molecule has 1 amide bonds. The lowest BCUT2D eigenvalue weighted by molar-refractivity contribution is -0.0752. The molecule has 2 aliphatic rings. The lowest BCUT2D eigenvalue weighted by Gasteiger charge is -2.43. The number of anilines is 1. The molecule has 2 heterocycles. The molecule has 1 aromatic rings. The average molecular weight is 298 g/mol. The van der Waals surface area contributed by atoms with Crippen molar-refractivity contribution in [3.05, 3.63) is 24.0 Å². The van der Waals surface area contributed by atoms with Crippen molar-refractivity contribution in [1.29, 1.82) is 0 Å². The van der Waals surface area contributed by atoms with Crippen LogP contribution in [0.2, 0.25) is 0 Å². The van der Waals surface area contributed by atoms with E-state index in [1.807, 2.05) is 4.90 Å². The third-order valence-electron chi connectivity index (χ3n) is 4.08. The highest BCUT2D eigenvalue weighted by molar-refractivity contribution is 5.99. The second-order valence-corrected chi connectivity index (χ2v) is 5.22. The molecule has 2 unspecified atom stereocenters. The molecule has 2 fully saturated rings. The Bertz CT molecular complexity index is 481. The fourth-order valence-electron chi connectivity index (χ4n) is 3.09. The largest absolute Gasteiger partial charge is 0.398 e. The molecule has 6 heteroatoms. The Kier molecular flexibility index (Phi) is 4.83. The summed E-state index contributed by atoms with van der Waals surface area (Å²) in [5.74, 6) is -0.00852. The number of hydrogen-bond donors (Lipinski definition) is 1. The lowest BCUT2D eigenvalue weighted by Crippen LogP contribution is -2.54. The third-order valence-corrected chi connectivity index (χ3v) is 4.08. The summed E-state index contributed by atoms with van der Waals surface area (Å²) in [5, 5.41) is 0. The summed E-state index contributed by atoms with van der Waals surface area (Å²) in [6.07, 6.45) is 7.80. The maximum absolute atomic E-state index is 12.6. The monoisotopic (exact) mass is 297 g/mol. The molecule has 0 radical (unpaired) electrons. The molecule has 1 saturated heterocycles. The van der Waals surface area contributed by atoms with E-state index in [9.17, 15) is 4.79 Å². The van der Waals surface area contributed by atoms with Crippen LogP contribution >= 0.6 is 12.4 Å². The number of ether oxygens (including phenoxy) is 1. The van der Waals surface area contributed by atoms with Gasteiger partial charge in [0.05, 0.1) is 24.3 Å². The first-order chi connectivity index (χ1) is 9.27. The minimum Gasteiger partial charge on any atom is -0.398 e. The zero-order chi connectivity index (χ0) is 13.2. The summed E-state index contributed by atoms with van der Waals surface area (Å²) < 4.78 is 5.79. The number of rotatable bonds is 1. The van der Waals surface area contributed by atoms with Crippen LogP contribution in [0.4, 0.5) is 5.69 Å². The van der Waals surface area contributed by atoms with Gasteiger partial charge in [-0.2, -0.15) is 0 Å². The van der Waals surface area contributed by atoms with Gasteiger partial charge in [0.25, 0.3) is 5.91 Å². The van der Waals surface area contributed by atoms with E-state index >= 15 is 0 Å². The van der Waals surface area contributed by atoms with Gasteiger partial charge in [0.15, 0.2) is 0 Å². The Morgan fingerprint density at radius 2 is 2.20 bits per heavy atom. The maximum Gasteiger partial charge on any atom is 0.257 e. The van der Waals surface area contributed by atoms with Crippen LogP contribution in [0.15, 0.2) is 18.5 Å². The van der Waals surface area contributed by atoms with Crippen LogP contribution in [-0.4, -0.2) is 41.1 Å². The minimum atomic E-state index is -0.00852. The van der Waals surface area contributed by atoms with Gasteiger partial charge in [0.2, 0.25) is 0 Å². The maximum atomic E-state index is 12.6. The first kappa shape index (κ1) is 15.1. The molecular weight excluding hydrogens is 278 g/mol. The predicted molar refractivity (Wildman–Crippen MR) is 78.9 cm³/mol. The van der Waals surface area contributed by atoms with E-state index in [4.69, 9.17) is 10.5 Å². The Balaban J connectivity index is 0.00000147. The summed E-state index contributed by atoms with van der Waals surface area (Å²) in [6.45, 7) is 1.27. The highest BCUT2D eigenvalue weighted by Crippen LogP contribution is 2.29. The number of nitrogen functional groups attached to an aromatic ring is 1. The van der Waals surface area contributed by atoms with Crippen LogP contribution in [0.3, 0.4) is 0 Å². The van der Waals surface area contributed by atoms with Gasteiger partial charge in [-0.15, -0.1) is 12.4 Å². The van der Waals surface area contributed by atoms with E-state index in [1.54, 1.807) is 18.5 Å². The van der Waals surface area contributed by atoms with Crippen molar-refractivity contribution >= 4 is 24.0 Å². The number of halogens is 1. The first-order valence-corrected chi connectivity index (χ1v) is 6.89. The molecule has 2 N–H and O–H groups in total. The number of aromatic nitrogens is 1. The van der Waals surface area contributed by atoms with Crippen LogP contribution in [0.25, 0.3) is 0 Å². The van der Waals surface area contributed by atoms with Crippen molar-refractivity contribution in [2.75, 3.05) is 18.9 Å². The molecule has 1 saturated carbocycles. The van der Waals surface area contributed by atoms with E-state index in [0.717, 1.165) is 19.3 Å². The van der Waals surface area contributed by atoms with Gasteiger partial charge in [-0.05, 0) is 18.9 Å². The van der Waals surface area contributed by atoms with Crippen LogP contribution in [-0.2, 0) is 4.74 Å². The summed E-state index contributed by atoms with van der Waals surface area (Å²) in [6, 6.07) is 1.88. The zero-order valence-electron chi connectivity index (χ0n) is 11.3. The minimum absolute atomic E-state index is 0. The van der Waals surface area contributed by atoms with Crippen molar-refractivity contribution in [3.8, 4) is 0 Å². The highest BCUT2D eigenvalue weighted by atomic mass is 35.5. The molecule has 3 rings (SSSR count). The van der Waals surface area contributed by atoms with Crippen LogP contribution in [0, 0.1) is 0 Å². The second-order valence-electron chi connectivity index (χ2n) is 5.22. The van der Waals surface area contributed by atoms with Gasteiger partial charge < -0.3 is 15.4 Å². The molecule has 1 aliphatic heterocycles. The number of carbonyl (C=O) groups excluding carboxylic acids is 1. The highest BCUT2D eigenvalue weighted by Gasteiger charge is 2.37. The smallest absolute Gasteiger partial charge is 0.257 e. The summed E-state index contributed by atoms with van der Waals surface area (Å²) in [7, 11) is 0. The molecule has 0 spiro atoms. The number of morpholine rings is 1. The number of nitrogens with zero attached hydrogens (tertiary/aromatic N) is 2. The third kappa shape index (κ3) is 2.74. The van der Waals surface area contributed by atoms with Crippen molar-refractivity contribution < 1.29 is 9.53 Å². The molecule has 110 valence electrons. The number of pyridine rings is 1. The lowest BCUT2D eigenvalue weighted by atomic mass is 9.89. The predicted octanol–water partition coefficient (Wildman–Crippen LogP) is 1.87. The van der Waals surface area contributed by atoms with Gasteiger partial charge in [-0.3, -0.25) is 9.78 Å². The van der Waals surface area contributed by atoms with Gasteiger partial charge in [0, 0.05) is 24.6 Å². The number of amides is 1. The molecule has 1 aromatic heterocycles. The molecule has 20 heavy (non-hydrogen) atoms. The van der Waals surface area contributed by atoms with Crippen molar-refractivity contribution in [3.63, 3.8) is 0 Å². The van der Waals surface area contributed by atoms with Gasteiger partial charge in [-0.25, -0.2) is 0 Å². The molecule has 2 atom stereocenters. The Morgan fingerprint density at radius 3 is 3.00 bits per heavy atom. The standard InChI is InChI=1S/C14H19N3O2.ClH/c15-11-5-6-16-9-10(11)14(18)17-7-8-19-13-4-2-1-3-12(13)17;/h5-6,9,12-13H,1-4,7-8H2,(H2,15,16);1H. The quantitative estimate of drug-likeness (QED) is 0.859. The van der Waals surface area contributed by atoms with Gasteiger partial charge >= 0.3 is 0 Å². The van der Waals surface area contributed by atoms with Crippen LogP contribution < -0.4 is 5.73 Å². The van der Waals surface area contributed by atoms with Crippen molar-refractivity contribution in [1.82, 2.24) is 9.88 Å². The Morgan fingerprint density at radius 1 is 1.40 bits per heavy atom. The molecule has 0 aromatic carbocycles. The molecule has 0 bridgehead atoms. The molecule has 5 nitrogen and oxygen atoms in total. The van der Waals surface area contributed by atoms with Gasteiger partial charge in [-0.1, -0.05) is 12.8 Å². The molecule has 1 aliphatic carbocycles. The first-order valence-electron chi connectivity index (χ1n) is 6.89. The number of nitrogens with two attached hydrogens (primary N) is 1. The summed E-state index contributed by atoms with van der Waals surface area (Å²) >= 11 is 0. The van der Waals surface area contributed by atoms with E-state index in [0.29, 0.717) is 24.4 Å². The van der Waals surface area contributed by atoms with Crippen molar-refractivity contribution in [2.45, 2.75) is 37.8 Å². The normalized spacial score (nSPS) is 25.5. The van der Waals surface area contributed by atoms with Crippen LogP contribution in [0.1, 0.15) is 36.0 Å². The number of carbonyl (C=O) groups is 1. The molecular formula is C14H20ClN3O2. The Hall–Kier alpha value is -1.33. The summed E-state index contributed by atoms with van der Waals surface area (Å²) in [5.41, 5.74) is 6.88. The number of hydrogen-bond acceptors (Lipinski definition) is 4. The van der Waals surface area contributed by atoms with E-state index in [-0.39, 0.29) is 30.5 Å². The second kappa shape index (κ2) is 6.41. The van der Waals surface area contributed by atoms with Gasteiger partial charge in [0.1, 0.15) is 0 Å². The number of fused-ring (bicyclic) bond motifs is 1.